The molecule has 1 aliphatic heterocycles. The number of imide groups is 1. The molecule has 3 fully saturated rings. The van der Waals surface area contributed by atoms with E-state index >= 15 is 0 Å². The maximum atomic E-state index is 12.6. The number of rotatable bonds is 3. The van der Waals surface area contributed by atoms with E-state index in [4.69, 9.17) is 4.74 Å². The highest BCUT2D eigenvalue weighted by Crippen LogP contribution is 2.65. The largest absolute Gasteiger partial charge is 0.443 e. The van der Waals surface area contributed by atoms with Crippen molar-refractivity contribution in [3.8, 4) is 0 Å². The molecule has 2 aliphatic carbocycles. The normalized spacial score (nSPS) is 37.9. The maximum absolute atomic E-state index is 12.6. The molecular weight excluding hydrogens is 270 g/mol. The van der Waals surface area contributed by atoms with Gasteiger partial charge in [0.1, 0.15) is 6.10 Å². The van der Waals surface area contributed by atoms with Gasteiger partial charge in [0.25, 0.3) is 0 Å². The van der Waals surface area contributed by atoms with E-state index in [9.17, 15) is 14.7 Å². The summed E-state index contributed by atoms with van der Waals surface area (Å²) < 4.78 is 5.49. The molecule has 1 heterocycles. The Balaban J connectivity index is 1.90. The van der Waals surface area contributed by atoms with E-state index in [1.165, 1.54) is 4.90 Å². The van der Waals surface area contributed by atoms with Crippen LogP contribution in [0.1, 0.15) is 46.5 Å². The summed E-state index contributed by atoms with van der Waals surface area (Å²) in [5.41, 5.74) is -0.632. The molecule has 5 nitrogen and oxygen atoms in total. The molecule has 2 saturated carbocycles. The summed E-state index contributed by atoms with van der Waals surface area (Å²) in [6.45, 7) is 6.05. The summed E-state index contributed by atoms with van der Waals surface area (Å²) in [5, 5.41) is 9.82. The molecule has 2 amide bonds. The van der Waals surface area contributed by atoms with Gasteiger partial charge in [0.15, 0.2) is 0 Å². The minimum atomic E-state index is -0.854. The molecule has 0 aromatic rings. The van der Waals surface area contributed by atoms with Crippen molar-refractivity contribution in [2.45, 2.75) is 64.2 Å². The van der Waals surface area contributed by atoms with Gasteiger partial charge in [-0.15, -0.1) is 0 Å². The summed E-state index contributed by atoms with van der Waals surface area (Å²) in [7, 11) is 0. The standard InChI is InChI=1S/C16H23NO4/c1-4-5-11(18)9-13(19)17-14(20)21-12-8-10-6-7-16(12,17)15(10,2)3/h4-5,10-12,18H,6-9H2,1-3H3/b5-4+/t10-,11+,12-,16-/m1/s1. The number of hydrogen-bond donors (Lipinski definition) is 1. The van der Waals surface area contributed by atoms with Crippen LogP contribution in [-0.2, 0) is 9.53 Å². The Kier molecular flexibility index (Phi) is 3.17. The second-order valence-electron chi connectivity index (χ2n) is 7.02. The van der Waals surface area contributed by atoms with Gasteiger partial charge in [-0.25, -0.2) is 9.69 Å². The van der Waals surface area contributed by atoms with Crippen molar-refractivity contribution in [3.05, 3.63) is 12.2 Å². The molecule has 3 rings (SSSR count). The number of hydrogen-bond acceptors (Lipinski definition) is 4. The van der Waals surface area contributed by atoms with E-state index in [1.807, 2.05) is 0 Å². The molecule has 1 saturated heterocycles. The van der Waals surface area contributed by atoms with Crippen molar-refractivity contribution in [2.24, 2.45) is 11.3 Å². The van der Waals surface area contributed by atoms with Crippen LogP contribution in [0.15, 0.2) is 12.2 Å². The smallest absolute Gasteiger partial charge is 0.417 e. The summed E-state index contributed by atoms with van der Waals surface area (Å²) in [5.74, 6) is 0.162. The lowest BCUT2D eigenvalue weighted by Gasteiger charge is -2.41. The molecule has 4 atom stereocenters. The summed E-state index contributed by atoms with van der Waals surface area (Å²) in [6.07, 6.45) is 4.31. The van der Waals surface area contributed by atoms with Gasteiger partial charge in [-0.3, -0.25) is 4.79 Å². The third kappa shape index (κ3) is 1.73. The van der Waals surface area contributed by atoms with Crippen LogP contribution in [0.25, 0.3) is 0 Å². The zero-order valence-electron chi connectivity index (χ0n) is 12.8. The topological polar surface area (TPSA) is 66.8 Å². The number of aliphatic hydroxyl groups is 1. The molecule has 0 unspecified atom stereocenters. The van der Waals surface area contributed by atoms with Crippen LogP contribution in [0.2, 0.25) is 0 Å². The highest BCUT2D eigenvalue weighted by Gasteiger charge is 2.73. The Bertz CT molecular complexity index is 512. The lowest BCUT2D eigenvalue weighted by atomic mass is 9.74. The number of aliphatic hydroxyl groups excluding tert-OH is 1. The molecule has 5 heteroatoms. The fraction of sp³-hybridized carbons (Fsp3) is 0.750. The molecule has 0 aromatic carbocycles. The van der Waals surface area contributed by atoms with E-state index in [-0.39, 0.29) is 23.8 Å². The lowest BCUT2D eigenvalue weighted by Crippen LogP contribution is -2.57. The van der Waals surface area contributed by atoms with Gasteiger partial charge in [0, 0.05) is 0 Å². The van der Waals surface area contributed by atoms with Crippen LogP contribution in [0, 0.1) is 11.3 Å². The second-order valence-corrected chi connectivity index (χ2v) is 7.02. The minimum Gasteiger partial charge on any atom is -0.443 e. The monoisotopic (exact) mass is 293 g/mol. The van der Waals surface area contributed by atoms with E-state index < -0.39 is 17.7 Å². The number of nitrogens with zero attached hydrogens (tertiary/aromatic N) is 1. The molecule has 2 bridgehead atoms. The van der Waals surface area contributed by atoms with E-state index in [0.29, 0.717) is 5.92 Å². The van der Waals surface area contributed by atoms with Gasteiger partial charge in [0.2, 0.25) is 5.91 Å². The average molecular weight is 293 g/mol. The maximum Gasteiger partial charge on any atom is 0.417 e. The zero-order chi connectivity index (χ0) is 15.4. The number of carbonyl (C=O) groups is 2. The van der Waals surface area contributed by atoms with Crippen molar-refractivity contribution in [2.75, 3.05) is 0 Å². The zero-order valence-corrected chi connectivity index (χ0v) is 12.8. The van der Waals surface area contributed by atoms with Crippen LogP contribution in [0.5, 0.6) is 0 Å². The first-order valence-electron chi connectivity index (χ1n) is 7.69. The third-order valence-corrected chi connectivity index (χ3v) is 5.91. The van der Waals surface area contributed by atoms with Gasteiger partial charge in [-0.1, -0.05) is 26.0 Å². The summed E-state index contributed by atoms with van der Waals surface area (Å²) in [4.78, 5) is 26.1. The highest BCUT2D eigenvalue weighted by atomic mass is 16.6. The molecule has 0 aromatic heterocycles. The quantitative estimate of drug-likeness (QED) is 0.810. The van der Waals surface area contributed by atoms with E-state index in [1.54, 1.807) is 19.1 Å². The Hall–Kier alpha value is -1.36. The molecule has 0 radical (unpaired) electrons. The van der Waals surface area contributed by atoms with Crippen molar-refractivity contribution >= 4 is 12.0 Å². The van der Waals surface area contributed by atoms with Crippen molar-refractivity contribution < 1.29 is 19.4 Å². The number of amides is 2. The fourth-order valence-electron chi connectivity index (χ4n) is 4.78. The lowest BCUT2D eigenvalue weighted by molar-refractivity contribution is -0.136. The van der Waals surface area contributed by atoms with Crippen LogP contribution in [0.3, 0.4) is 0 Å². The number of allylic oxidation sites excluding steroid dienone is 1. The number of fused-ring (bicyclic) bond motifs is 1. The van der Waals surface area contributed by atoms with Crippen molar-refractivity contribution in [1.29, 1.82) is 0 Å². The van der Waals surface area contributed by atoms with Gasteiger partial charge in [-0.2, -0.15) is 0 Å². The van der Waals surface area contributed by atoms with Crippen molar-refractivity contribution in [1.82, 2.24) is 4.90 Å². The van der Waals surface area contributed by atoms with E-state index in [2.05, 4.69) is 13.8 Å². The predicted molar refractivity (Wildman–Crippen MR) is 76.4 cm³/mol. The van der Waals surface area contributed by atoms with Gasteiger partial charge >= 0.3 is 6.09 Å². The van der Waals surface area contributed by atoms with Crippen LogP contribution < -0.4 is 0 Å². The first kappa shape index (κ1) is 14.6. The Labute approximate surface area is 124 Å². The predicted octanol–water partition coefficient (Wildman–Crippen LogP) is 2.24. The van der Waals surface area contributed by atoms with Gasteiger partial charge < -0.3 is 9.84 Å². The van der Waals surface area contributed by atoms with Crippen molar-refractivity contribution in [3.63, 3.8) is 0 Å². The third-order valence-electron chi connectivity index (χ3n) is 5.91. The molecule has 1 N–H and O–H groups in total. The first-order valence-corrected chi connectivity index (χ1v) is 7.69. The second kappa shape index (κ2) is 4.57. The van der Waals surface area contributed by atoms with E-state index in [0.717, 1.165) is 19.3 Å². The number of carbonyl (C=O) groups excluding carboxylic acids is 2. The Morgan fingerprint density at radius 2 is 2.29 bits per heavy atom. The average Bonchev–Trinajstić information content (AvgIpc) is 2.89. The Morgan fingerprint density at radius 3 is 2.90 bits per heavy atom. The van der Waals surface area contributed by atoms with Crippen LogP contribution >= 0.6 is 0 Å². The minimum absolute atomic E-state index is 0.0747. The molecule has 1 spiro atoms. The van der Waals surface area contributed by atoms with Gasteiger partial charge in [-0.05, 0) is 37.5 Å². The highest BCUT2D eigenvalue weighted by molar-refractivity contribution is 5.95. The molecule has 21 heavy (non-hydrogen) atoms. The molecule has 116 valence electrons. The Morgan fingerprint density at radius 1 is 1.57 bits per heavy atom. The first-order chi connectivity index (χ1) is 9.84. The fourth-order valence-corrected chi connectivity index (χ4v) is 4.78. The van der Waals surface area contributed by atoms with Gasteiger partial charge in [0.05, 0.1) is 18.1 Å². The summed E-state index contributed by atoms with van der Waals surface area (Å²) in [6, 6.07) is 0. The molecule has 3 aliphatic rings. The SMILES string of the molecule is C/C=C/[C@H](O)CC(=O)N1C(=O)O[C@@H]2C[C@H]3CC[C@]21C3(C)C. The van der Waals surface area contributed by atoms with Crippen LogP contribution in [0.4, 0.5) is 4.79 Å². The number of ether oxygens (including phenoxy) is 1. The van der Waals surface area contributed by atoms with Crippen LogP contribution in [-0.4, -0.2) is 39.8 Å². The summed E-state index contributed by atoms with van der Waals surface area (Å²) >= 11 is 0. The molecular formula is C16H23NO4.